The number of hydrogen-bond donors (Lipinski definition) is 3. The molecule has 0 saturated carbocycles. The van der Waals surface area contributed by atoms with Crippen LogP contribution in [0.2, 0.25) is 0 Å². The smallest absolute Gasteiger partial charge is 0.338 e. The fourth-order valence-corrected chi connectivity index (χ4v) is 5.08. The maximum atomic E-state index is 12.7. The highest BCUT2D eigenvalue weighted by Crippen LogP contribution is 2.17. The van der Waals surface area contributed by atoms with Gasteiger partial charge in [0.15, 0.2) is 0 Å². The summed E-state index contributed by atoms with van der Waals surface area (Å²) in [6.07, 6.45) is 4.76. The second-order valence-electron chi connectivity index (χ2n) is 11.0. The van der Waals surface area contributed by atoms with E-state index in [1.165, 1.54) is 10.1 Å². The van der Waals surface area contributed by atoms with Crippen LogP contribution < -0.4 is 22.5 Å². The van der Waals surface area contributed by atoms with E-state index in [9.17, 15) is 14.4 Å². The number of piperazine rings is 1. The lowest BCUT2D eigenvalue weighted by Gasteiger charge is -2.37. The number of likely N-dealkylation sites (tertiary alicyclic amines) is 1. The van der Waals surface area contributed by atoms with Crippen LogP contribution in [0.3, 0.4) is 0 Å². The summed E-state index contributed by atoms with van der Waals surface area (Å²) in [6, 6.07) is 9.79. The first kappa shape index (κ1) is 27.7. The van der Waals surface area contributed by atoms with E-state index in [-0.39, 0.29) is 23.8 Å². The Morgan fingerprint density at radius 1 is 1.08 bits per heavy atom. The van der Waals surface area contributed by atoms with Crippen LogP contribution in [0.4, 0.5) is 10.6 Å². The minimum absolute atomic E-state index is 0.142. The fourth-order valence-electron chi connectivity index (χ4n) is 5.08. The van der Waals surface area contributed by atoms with Crippen molar-refractivity contribution in [2.45, 2.75) is 57.7 Å². The standard InChI is InChI=1S/C27H40N8O3/c1-19(34-11-4-5-21(28)18-34)17-20-6-8-22(9-7-20)35-12-10-23(31-26(35)38)30-25(37)33-15-13-32(14-16-33)24(36)27(2,3)29/h6-10,12,19,21H,4-5,11,13-18,28-29H2,1-3H3,(H,30,31,37,38). The molecule has 0 radical (unpaired) electrons. The van der Waals surface area contributed by atoms with Crippen molar-refractivity contribution in [3.8, 4) is 5.69 Å². The molecule has 0 spiro atoms. The van der Waals surface area contributed by atoms with Crippen molar-refractivity contribution in [3.05, 3.63) is 52.6 Å². The first-order chi connectivity index (χ1) is 18.0. The average Bonchev–Trinajstić information content (AvgIpc) is 2.88. The number of nitrogens with zero attached hydrogens (tertiary/aromatic N) is 5. The number of nitrogens with two attached hydrogens (primary N) is 2. The normalized spacial score (nSPS) is 19.8. The zero-order chi connectivity index (χ0) is 27.4. The molecule has 2 saturated heterocycles. The Balaban J connectivity index is 1.32. The van der Waals surface area contributed by atoms with Gasteiger partial charge >= 0.3 is 11.7 Å². The molecular weight excluding hydrogens is 484 g/mol. The van der Waals surface area contributed by atoms with Gasteiger partial charge in [-0.3, -0.25) is 19.6 Å². The molecule has 0 bridgehead atoms. The Bertz CT molecular complexity index is 1180. The molecule has 2 atom stereocenters. The van der Waals surface area contributed by atoms with Crippen LogP contribution in [0.15, 0.2) is 41.3 Å². The molecule has 206 valence electrons. The predicted octanol–water partition coefficient (Wildman–Crippen LogP) is 1.00. The molecule has 3 heterocycles. The van der Waals surface area contributed by atoms with Crippen molar-refractivity contribution in [2.24, 2.45) is 11.5 Å². The molecule has 1 aromatic heterocycles. The van der Waals surface area contributed by atoms with Gasteiger partial charge in [0.1, 0.15) is 5.82 Å². The summed E-state index contributed by atoms with van der Waals surface area (Å²) < 4.78 is 1.45. The molecule has 2 aliphatic heterocycles. The summed E-state index contributed by atoms with van der Waals surface area (Å²) in [5.74, 6) is 0.0418. The minimum Gasteiger partial charge on any atom is -0.338 e. The van der Waals surface area contributed by atoms with Gasteiger partial charge in [-0.15, -0.1) is 0 Å². The van der Waals surface area contributed by atoms with Crippen LogP contribution >= 0.6 is 0 Å². The van der Waals surface area contributed by atoms with E-state index in [0.717, 1.165) is 32.4 Å². The van der Waals surface area contributed by atoms with Crippen LogP contribution in [0.1, 0.15) is 39.2 Å². The van der Waals surface area contributed by atoms with Gasteiger partial charge in [-0.2, -0.15) is 4.98 Å². The van der Waals surface area contributed by atoms with Crippen LogP contribution in [0.5, 0.6) is 0 Å². The van der Waals surface area contributed by atoms with Gasteiger partial charge in [0, 0.05) is 51.0 Å². The molecular formula is C27H40N8O3. The molecule has 2 unspecified atom stereocenters. The second-order valence-corrected chi connectivity index (χ2v) is 11.0. The lowest BCUT2D eigenvalue weighted by atomic mass is 10.0. The van der Waals surface area contributed by atoms with Crippen molar-refractivity contribution >= 4 is 17.8 Å². The molecule has 11 heteroatoms. The predicted molar refractivity (Wildman–Crippen MR) is 147 cm³/mol. The third-order valence-electron chi connectivity index (χ3n) is 7.30. The Labute approximate surface area is 223 Å². The molecule has 2 aliphatic rings. The zero-order valence-electron chi connectivity index (χ0n) is 22.6. The fraction of sp³-hybridized carbons (Fsp3) is 0.556. The highest BCUT2D eigenvalue weighted by atomic mass is 16.2. The first-order valence-corrected chi connectivity index (χ1v) is 13.3. The number of anilines is 1. The Kier molecular flexibility index (Phi) is 8.49. The van der Waals surface area contributed by atoms with Gasteiger partial charge in [0.2, 0.25) is 5.91 Å². The summed E-state index contributed by atoms with van der Waals surface area (Å²) >= 11 is 0. The van der Waals surface area contributed by atoms with Crippen molar-refractivity contribution in [2.75, 3.05) is 44.6 Å². The number of nitrogens with one attached hydrogen (secondary N) is 1. The third kappa shape index (κ3) is 6.77. The van der Waals surface area contributed by atoms with Gasteiger partial charge in [0.25, 0.3) is 0 Å². The molecule has 1 aromatic carbocycles. The van der Waals surface area contributed by atoms with E-state index in [2.05, 4.69) is 22.1 Å². The number of rotatable bonds is 6. The SMILES string of the molecule is CC(Cc1ccc(-n2ccc(NC(=O)N3CCN(C(=O)C(C)(C)N)CC3)nc2=O)cc1)N1CCCC(N)C1. The van der Waals surface area contributed by atoms with Crippen molar-refractivity contribution < 1.29 is 9.59 Å². The Morgan fingerprint density at radius 3 is 2.34 bits per heavy atom. The van der Waals surface area contributed by atoms with Crippen molar-refractivity contribution in [1.29, 1.82) is 0 Å². The number of hydrogen-bond acceptors (Lipinski definition) is 7. The van der Waals surface area contributed by atoms with Gasteiger partial charge in [-0.05, 0) is 70.3 Å². The summed E-state index contributed by atoms with van der Waals surface area (Å²) in [4.78, 5) is 47.5. The minimum atomic E-state index is -0.946. The van der Waals surface area contributed by atoms with E-state index >= 15 is 0 Å². The summed E-state index contributed by atoms with van der Waals surface area (Å²) in [5, 5.41) is 2.69. The number of carbonyl (C=O) groups excluding carboxylic acids is 2. The van der Waals surface area contributed by atoms with E-state index in [0.29, 0.717) is 37.9 Å². The Hall–Kier alpha value is -3.28. The number of urea groups is 1. The highest BCUT2D eigenvalue weighted by molar-refractivity contribution is 5.89. The van der Waals surface area contributed by atoms with E-state index < -0.39 is 11.2 Å². The molecule has 4 rings (SSSR count). The zero-order valence-corrected chi connectivity index (χ0v) is 22.6. The quantitative estimate of drug-likeness (QED) is 0.512. The highest BCUT2D eigenvalue weighted by Gasteiger charge is 2.31. The van der Waals surface area contributed by atoms with E-state index in [4.69, 9.17) is 11.5 Å². The van der Waals surface area contributed by atoms with E-state index in [1.54, 1.807) is 35.9 Å². The van der Waals surface area contributed by atoms with Gasteiger partial charge in [-0.1, -0.05) is 12.1 Å². The number of amides is 3. The number of aromatic nitrogens is 2. The summed E-state index contributed by atoms with van der Waals surface area (Å²) in [6.45, 7) is 9.15. The van der Waals surface area contributed by atoms with Crippen LogP contribution in [-0.4, -0.2) is 93.1 Å². The van der Waals surface area contributed by atoms with Gasteiger partial charge in [-0.25, -0.2) is 9.59 Å². The topological polar surface area (TPSA) is 143 Å². The van der Waals surface area contributed by atoms with Crippen LogP contribution in [0.25, 0.3) is 5.69 Å². The van der Waals surface area contributed by atoms with Crippen LogP contribution in [0, 0.1) is 0 Å². The summed E-state index contributed by atoms with van der Waals surface area (Å²) in [5.41, 5.74) is 12.5. The van der Waals surface area contributed by atoms with Gasteiger partial charge in [0.05, 0.1) is 11.2 Å². The maximum absolute atomic E-state index is 12.7. The first-order valence-electron chi connectivity index (χ1n) is 13.3. The molecule has 3 amide bonds. The average molecular weight is 525 g/mol. The number of carbonyl (C=O) groups is 2. The van der Waals surface area contributed by atoms with Crippen molar-refractivity contribution in [1.82, 2.24) is 24.3 Å². The van der Waals surface area contributed by atoms with Crippen molar-refractivity contribution in [3.63, 3.8) is 0 Å². The lowest BCUT2D eigenvalue weighted by molar-refractivity contribution is -0.137. The largest absolute Gasteiger partial charge is 0.354 e. The van der Waals surface area contributed by atoms with Gasteiger partial charge < -0.3 is 21.3 Å². The molecule has 38 heavy (non-hydrogen) atoms. The molecule has 2 aromatic rings. The lowest BCUT2D eigenvalue weighted by Crippen LogP contribution is -2.58. The maximum Gasteiger partial charge on any atom is 0.354 e. The molecule has 2 fully saturated rings. The summed E-state index contributed by atoms with van der Waals surface area (Å²) in [7, 11) is 0. The third-order valence-corrected chi connectivity index (χ3v) is 7.30. The number of benzene rings is 1. The van der Waals surface area contributed by atoms with Crippen LogP contribution in [-0.2, 0) is 11.2 Å². The second kappa shape index (κ2) is 11.6. The number of piperidine rings is 1. The van der Waals surface area contributed by atoms with E-state index in [1.807, 2.05) is 24.3 Å². The molecule has 5 N–H and O–H groups in total. The monoisotopic (exact) mass is 524 g/mol. The molecule has 0 aliphatic carbocycles. The molecule has 11 nitrogen and oxygen atoms in total. The Morgan fingerprint density at radius 2 is 1.74 bits per heavy atom.